The molecule has 19 heavy (non-hydrogen) atoms. The third-order valence-corrected chi connectivity index (χ3v) is 5.17. The van der Waals surface area contributed by atoms with Crippen LogP contribution in [0.25, 0.3) is 0 Å². The first-order valence-electron chi connectivity index (χ1n) is 8.15. The normalized spacial score (nSPS) is 33.8. The lowest BCUT2D eigenvalue weighted by Crippen LogP contribution is -2.43. The molecule has 0 aromatic heterocycles. The van der Waals surface area contributed by atoms with E-state index >= 15 is 0 Å². The van der Waals surface area contributed by atoms with Crippen LogP contribution in [0, 0.1) is 11.8 Å². The Bertz CT molecular complexity index is 292. The number of hydrogen-bond donors (Lipinski definition) is 1. The molecule has 0 radical (unpaired) electrons. The van der Waals surface area contributed by atoms with Crippen LogP contribution in [0.1, 0.15) is 64.7 Å². The van der Waals surface area contributed by atoms with E-state index < -0.39 is 5.97 Å². The third-order valence-electron chi connectivity index (χ3n) is 5.17. The van der Waals surface area contributed by atoms with Gasteiger partial charge in [0.05, 0.1) is 0 Å². The van der Waals surface area contributed by atoms with Crippen LogP contribution in [-0.4, -0.2) is 35.1 Å². The zero-order chi connectivity index (χ0) is 13.7. The van der Waals surface area contributed by atoms with Gasteiger partial charge < -0.3 is 10.0 Å². The van der Waals surface area contributed by atoms with Crippen molar-refractivity contribution in [1.82, 2.24) is 4.90 Å². The molecule has 0 spiro atoms. The summed E-state index contributed by atoms with van der Waals surface area (Å²) in [5.74, 6) is 0.694. The Morgan fingerprint density at radius 1 is 1.11 bits per heavy atom. The molecular weight excluding hydrogens is 238 g/mol. The second-order valence-electron chi connectivity index (χ2n) is 6.54. The minimum absolute atomic E-state index is 0.362. The van der Waals surface area contributed by atoms with E-state index in [2.05, 4.69) is 11.8 Å². The third kappa shape index (κ3) is 4.48. The predicted octanol–water partition coefficient (Wildman–Crippen LogP) is 3.53. The highest BCUT2D eigenvalue weighted by atomic mass is 16.4. The van der Waals surface area contributed by atoms with Gasteiger partial charge in [-0.2, -0.15) is 0 Å². The summed E-state index contributed by atoms with van der Waals surface area (Å²) in [5, 5.41) is 8.96. The Kier molecular flexibility index (Phi) is 5.68. The van der Waals surface area contributed by atoms with Crippen LogP contribution in [-0.2, 0) is 4.79 Å². The first-order valence-corrected chi connectivity index (χ1v) is 8.15. The van der Waals surface area contributed by atoms with Gasteiger partial charge in [0.15, 0.2) is 0 Å². The van der Waals surface area contributed by atoms with Gasteiger partial charge in [0, 0.05) is 19.0 Å². The van der Waals surface area contributed by atoms with Gasteiger partial charge in [-0.3, -0.25) is 4.79 Å². The van der Waals surface area contributed by atoms with Crippen molar-refractivity contribution < 1.29 is 9.90 Å². The Balaban J connectivity index is 1.84. The molecule has 2 aliphatic rings. The van der Waals surface area contributed by atoms with Crippen LogP contribution < -0.4 is 0 Å². The van der Waals surface area contributed by atoms with E-state index in [1.165, 1.54) is 51.5 Å². The van der Waals surface area contributed by atoms with Gasteiger partial charge in [-0.1, -0.05) is 26.2 Å². The smallest absolute Gasteiger partial charge is 0.303 e. The van der Waals surface area contributed by atoms with Gasteiger partial charge in [-0.25, -0.2) is 0 Å². The summed E-state index contributed by atoms with van der Waals surface area (Å²) in [6, 6.07) is 0.730. The molecule has 2 fully saturated rings. The highest BCUT2D eigenvalue weighted by molar-refractivity contribution is 5.67. The molecule has 1 aliphatic carbocycles. The molecule has 1 saturated heterocycles. The Morgan fingerprint density at radius 3 is 2.63 bits per heavy atom. The molecule has 1 saturated carbocycles. The van der Waals surface area contributed by atoms with E-state index in [0.29, 0.717) is 12.3 Å². The maximum Gasteiger partial charge on any atom is 0.303 e. The van der Waals surface area contributed by atoms with E-state index in [-0.39, 0.29) is 0 Å². The number of carboxylic acids is 1. The van der Waals surface area contributed by atoms with Crippen molar-refractivity contribution in [1.29, 1.82) is 0 Å². The van der Waals surface area contributed by atoms with Crippen molar-refractivity contribution >= 4 is 5.97 Å². The lowest BCUT2D eigenvalue weighted by Gasteiger charge is -2.37. The van der Waals surface area contributed by atoms with Crippen molar-refractivity contribution in [3.8, 4) is 0 Å². The molecule has 110 valence electrons. The number of piperidine rings is 1. The average Bonchev–Trinajstić information content (AvgIpc) is 2.63. The Hall–Kier alpha value is -0.570. The molecule has 1 N–H and O–H groups in total. The van der Waals surface area contributed by atoms with E-state index in [1.54, 1.807) is 0 Å². The molecule has 0 amide bonds. The lowest BCUT2D eigenvalue weighted by molar-refractivity contribution is -0.138. The fourth-order valence-electron chi connectivity index (χ4n) is 3.97. The van der Waals surface area contributed by atoms with E-state index in [0.717, 1.165) is 24.9 Å². The molecule has 1 aliphatic heterocycles. The Labute approximate surface area is 117 Å². The summed E-state index contributed by atoms with van der Waals surface area (Å²) in [4.78, 5) is 13.5. The fraction of sp³-hybridized carbons (Fsp3) is 0.938. The Morgan fingerprint density at radius 2 is 1.89 bits per heavy atom. The second kappa shape index (κ2) is 7.28. The molecule has 3 nitrogen and oxygen atoms in total. The molecule has 0 aromatic carbocycles. The van der Waals surface area contributed by atoms with Crippen molar-refractivity contribution in [3.05, 3.63) is 0 Å². The highest BCUT2D eigenvalue weighted by Gasteiger charge is 2.28. The minimum Gasteiger partial charge on any atom is -0.481 e. The maximum absolute atomic E-state index is 10.9. The average molecular weight is 267 g/mol. The van der Waals surface area contributed by atoms with Gasteiger partial charge in [-0.05, 0) is 50.5 Å². The van der Waals surface area contributed by atoms with E-state index in [9.17, 15) is 4.79 Å². The molecule has 0 bridgehead atoms. The first kappa shape index (κ1) is 14.8. The van der Waals surface area contributed by atoms with Crippen LogP contribution in [0.4, 0.5) is 0 Å². The summed E-state index contributed by atoms with van der Waals surface area (Å²) >= 11 is 0. The topological polar surface area (TPSA) is 40.5 Å². The second-order valence-corrected chi connectivity index (χ2v) is 6.54. The summed E-state index contributed by atoms with van der Waals surface area (Å²) in [6.45, 7) is 4.53. The predicted molar refractivity (Wildman–Crippen MR) is 77.2 cm³/mol. The monoisotopic (exact) mass is 267 g/mol. The summed E-state index contributed by atoms with van der Waals surface area (Å²) in [7, 11) is 0. The van der Waals surface area contributed by atoms with Crippen LogP contribution in [0.15, 0.2) is 0 Å². The molecule has 0 aromatic rings. The first-order chi connectivity index (χ1) is 9.19. The highest BCUT2D eigenvalue weighted by Crippen LogP contribution is 2.31. The number of rotatable bonds is 4. The number of hydrogen-bond acceptors (Lipinski definition) is 2. The maximum atomic E-state index is 10.9. The van der Waals surface area contributed by atoms with Crippen LogP contribution in [0.5, 0.6) is 0 Å². The summed E-state index contributed by atoms with van der Waals surface area (Å²) in [6.07, 6.45) is 10.8. The van der Waals surface area contributed by atoms with E-state index in [4.69, 9.17) is 5.11 Å². The van der Waals surface area contributed by atoms with Crippen LogP contribution >= 0.6 is 0 Å². The molecule has 1 heterocycles. The van der Waals surface area contributed by atoms with Gasteiger partial charge in [0.25, 0.3) is 0 Å². The molecule has 3 heteroatoms. The van der Waals surface area contributed by atoms with Crippen LogP contribution in [0.2, 0.25) is 0 Å². The van der Waals surface area contributed by atoms with Gasteiger partial charge in [-0.15, -0.1) is 0 Å². The van der Waals surface area contributed by atoms with Gasteiger partial charge in [0.1, 0.15) is 0 Å². The van der Waals surface area contributed by atoms with Gasteiger partial charge in [0.2, 0.25) is 0 Å². The summed E-state index contributed by atoms with van der Waals surface area (Å²) < 4.78 is 0. The van der Waals surface area contributed by atoms with Gasteiger partial charge >= 0.3 is 5.97 Å². The van der Waals surface area contributed by atoms with E-state index in [1.807, 2.05) is 0 Å². The summed E-state index contributed by atoms with van der Waals surface area (Å²) in [5.41, 5.74) is 0. The molecular formula is C16H29NO2. The number of nitrogens with zero attached hydrogens (tertiary/aromatic N) is 1. The zero-order valence-corrected chi connectivity index (χ0v) is 12.3. The number of likely N-dealkylation sites (tertiary alicyclic amines) is 1. The molecule has 3 unspecified atom stereocenters. The zero-order valence-electron chi connectivity index (χ0n) is 12.3. The van der Waals surface area contributed by atoms with Crippen molar-refractivity contribution in [2.45, 2.75) is 70.8 Å². The number of carboxylic acid groups (broad SMARTS) is 1. The molecule has 2 rings (SSSR count). The van der Waals surface area contributed by atoms with Crippen LogP contribution in [0.3, 0.4) is 0 Å². The van der Waals surface area contributed by atoms with Crippen molar-refractivity contribution in [3.63, 3.8) is 0 Å². The minimum atomic E-state index is -0.626. The lowest BCUT2D eigenvalue weighted by atomic mass is 9.92. The quantitative estimate of drug-likeness (QED) is 0.792. The number of carbonyl (C=O) groups is 1. The number of aliphatic carboxylic acids is 1. The largest absolute Gasteiger partial charge is 0.481 e. The van der Waals surface area contributed by atoms with Crippen molar-refractivity contribution in [2.75, 3.05) is 13.1 Å². The fourth-order valence-corrected chi connectivity index (χ4v) is 3.97. The standard InChI is InChI=1S/C16H29NO2/c1-2-13-5-3-7-15(9-8-13)17-10-4-6-14(12-17)11-16(18)19/h13-15H,2-12H2,1H3,(H,18,19). The SMILES string of the molecule is CCC1CCCC(N2CCCC(CC(=O)O)C2)CC1. The van der Waals surface area contributed by atoms with Crippen molar-refractivity contribution in [2.24, 2.45) is 11.8 Å². The molecule has 3 atom stereocenters.